The first-order valence-electron chi connectivity index (χ1n) is 6.83. The predicted molar refractivity (Wildman–Crippen MR) is 78.4 cm³/mol. The normalized spacial score (nSPS) is 11.5. The summed E-state index contributed by atoms with van der Waals surface area (Å²) in [6, 6.07) is 7.69. The van der Waals surface area contributed by atoms with Crippen LogP contribution in [-0.4, -0.2) is 26.6 Å². The highest BCUT2D eigenvalue weighted by Crippen LogP contribution is 2.21. The van der Waals surface area contributed by atoms with Crippen LogP contribution in [0.4, 0.5) is 18.9 Å². The average molecular weight is 336 g/mol. The largest absolute Gasteiger partial charge is 0.574 e. The van der Waals surface area contributed by atoms with Crippen LogP contribution in [0.1, 0.15) is 5.69 Å². The Labute approximate surface area is 133 Å². The molecule has 0 fully saturated rings. The van der Waals surface area contributed by atoms with Crippen molar-refractivity contribution in [2.75, 3.05) is 5.32 Å². The fourth-order valence-electron chi connectivity index (χ4n) is 2.15. The van der Waals surface area contributed by atoms with Crippen LogP contribution in [0.25, 0.3) is 5.65 Å². The second kappa shape index (κ2) is 6.19. The van der Waals surface area contributed by atoms with Crippen molar-refractivity contribution in [2.24, 2.45) is 0 Å². The molecule has 0 atom stereocenters. The van der Waals surface area contributed by atoms with Crippen molar-refractivity contribution in [3.63, 3.8) is 0 Å². The van der Waals surface area contributed by atoms with E-state index in [-0.39, 0.29) is 18.0 Å². The molecule has 0 radical (unpaired) electrons. The number of halogens is 3. The Morgan fingerprint density at radius 1 is 1.21 bits per heavy atom. The Morgan fingerprint density at radius 2 is 2.04 bits per heavy atom. The number of ether oxygens (including phenoxy) is 1. The van der Waals surface area contributed by atoms with Crippen molar-refractivity contribution in [1.29, 1.82) is 0 Å². The molecule has 0 aromatic carbocycles. The maximum Gasteiger partial charge on any atom is 0.574 e. The van der Waals surface area contributed by atoms with Gasteiger partial charge in [-0.1, -0.05) is 6.07 Å². The van der Waals surface area contributed by atoms with Gasteiger partial charge in [0, 0.05) is 24.2 Å². The van der Waals surface area contributed by atoms with Gasteiger partial charge in [-0.3, -0.25) is 4.79 Å². The van der Waals surface area contributed by atoms with Gasteiger partial charge < -0.3 is 14.5 Å². The van der Waals surface area contributed by atoms with E-state index in [1.165, 1.54) is 6.07 Å². The number of nitrogens with one attached hydrogen (secondary N) is 1. The molecule has 3 rings (SSSR count). The molecule has 0 bridgehead atoms. The van der Waals surface area contributed by atoms with Crippen molar-refractivity contribution in [2.45, 2.75) is 12.8 Å². The lowest BCUT2D eigenvalue weighted by Gasteiger charge is -2.09. The van der Waals surface area contributed by atoms with E-state index >= 15 is 0 Å². The van der Waals surface area contributed by atoms with Gasteiger partial charge in [-0.05, 0) is 18.2 Å². The van der Waals surface area contributed by atoms with E-state index in [1.54, 1.807) is 28.9 Å². The molecule has 0 saturated heterocycles. The predicted octanol–water partition coefficient (Wildman–Crippen LogP) is 2.81. The number of carbonyl (C=O) groups is 1. The molecule has 6 nitrogen and oxygen atoms in total. The van der Waals surface area contributed by atoms with Gasteiger partial charge in [-0.2, -0.15) is 0 Å². The Hall–Kier alpha value is -3.10. The minimum Gasteiger partial charge on any atom is -0.388 e. The lowest BCUT2D eigenvalue weighted by atomic mass is 10.2. The summed E-state index contributed by atoms with van der Waals surface area (Å²) in [6.07, 6.45) is -0.269. The molecule has 1 amide bonds. The standard InChI is InChI=1S/C15H11F3N4O2/c16-15(17,18)24-14-5-4-10(9-20-14)21-13(23)8-11-2-1-3-12-19-6-7-22(11)12/h1-7,9H,8H2,(H,21,23). The Balaban J connectivity index is 1.66. The SMILES string of the molecule is O=C(Cc1cccc2nccn12)Nc1ccc(OC(F)(F)F)nc1. The molecule has 3 aromatic rings. The van der Waals surface area contributed by atoms with Crippen LogP contribution in [0.3, 0.4) is 0 Å². The van der Waals surface area contributed by atoms with E-state index in [9.17, 15) is 18.0 Å². The third kappa shape index (κ3) is 3.80. The minimum atomic E-state index is -4.80. The molecule has 3 aromatic heterocycles. The smallest absolute Gasteiger partial charge is 0.388 e. The molecule has 24 heavy (non-hydrogen) atoms. The van der Waals surface area contributed by atoms with Crippen LogP contribution in [-0.2, 0) is 11.2 Å². The second-order valence-electron chi connectivity index (χ2n) is 4.83. The van der Waals surface area contributed by atoms with Gasteiger partial charge in [-0.15, -0.1) is 13.2 Å². The number of hydrogen-bond donors (Lipinski definition) is 1. The van der Waals surface area contributed by atoms with E-state index in [2.05, 4.69) is 20.0 Å². The number of imidazole rings is 1. The Morgan fingerprint density at radius 3 is 2.75 bits per heavy atom. The third-order valence-electron chi connectivity index (χ3n) is 3.09. The van der Waals surface area contributed by atoms with Gasteiger partial charge in [-0.25, -0.2) is 9.97 Å². The van der Waals surface area contributed by atoms with Crippen molar-refractivity contribution >= 4 is 17.2 Å². The average Bonchev–Trinajstić information content (AvgIpc) is 2.97. The monoisotopic (exact) mass is 336 g/mol. The Bertz CT molecular complexity index is 859. The molecule has 0 aliphatic carbocycles. The van der Waals surface area contributed by atoms with Crippen LogP contribution >= 0.6 is 0 Å². The summed E-state index contributed by atoms with van der Waals surface area (Å²) in [4.78, 5) is 19.7. The number of pyridine rings is 2. The van der Waals surface area contributed by atoms with E-state index in [4.69, 9.17) is 0 Å². The zero-order chi connectivity index (χ0) is 17.2. The van der Waals surface area contributed by atoms with Crippen LogP contribution in [0, 0.1) is 0 Å². The highest BCUT2D eigenvalue weighted by atomic mass is 19.4. The first-order chi connectivity index (χ1) is 11.4. The van der Waals surface area contributed by atoms with Crippen molar-refractivity contribution < 1.29 is 22.7 Å². The number of rotatable bonds is 4. The van der Waals surface area contributed by atoms with Crippen LogP contribution in [0.5, 0.6) is 5.88 Å². The second-order valence-corrected chi connectivity index (χ2v) is 4.83. The van der Waals surface area contributed by atoms with Crippen molar-refractivity contribution in [3.8, 4) is 5.88 Å². The first-order valence-corrected chi connectivity index (χ1v) is 6.83. The summed E-state index contributed by atoms with van der Waals surface area (Å²) in [7, 11) is 0. The molecule has 1 N–H and O–H groups in total. The Kier molecular flexibility index (Phi) is 4.07. The van der Waals surface area contributed by atoms with Gasteiger partial charge >= 0.3 is 6.36 Å². The summed E-state index contributed by atoms with van der Waals surface area (Å²) in [5.41, 5.74) is 1.72. The number of hydrogen-bond acceptors (Lipinski definition) is 4. The number of alkyl halides is 3. The van der Waals surface area contributed by atoms with Gasteiger partial charge in [0.1, 0.15) is 5.65 Å². The fourth-order valence-corrected chi connectivity index (χ4v) is 2.15. The molecule has 0 unspecified atom stereocenters. The summed E-state index contributed by atoms with van der Waals surface area (Å²) in [5.74, 6) is -0.925. The number of aromatic nitrogens is 3. The molecule has 0 spiro atoms. The zero-order valence-corrected chi connectivity index (χ0v) is 12.1. The molecule has 124 valence electrons. The number of amides is 1. The highest BCUT2D eigenvalue weighted by Gasteiger charge is 2.31. The van der Waals surface area contributed by atoms with Gasteiger partial charge in [0.05, 0.1) is 18.3 Å². The lowest BCUT2D eigenvalue weighted by molar-refractivity contribution is -0.276. The molecular weight excluding hydrogens is 325 g/mol. The van der Waals surface area contributed by atoms with E-state index in [0.29, 0.717) is 0 Å². The highest BCUT2D eigenvalue weighted by molar-refractivity contribution is 5.92. The van der Waals surface area contributed by atoms with Crippen LogP contribution in [0.15, 0.2) is 48.9 Å². The van der Waals surface area contributed by atoms with Crippen LogP contribution < -0.4 is 10.1 Å². The number of anilines is 1. The lowest BCUT2D eigenvalue weighted by Crippen LogP contribution is -2.18. The fraction of sp³-hybridized carbons (Fsp3) is 0.133. The van der Waals surface area contributed by atoms with E-state index < -0.39 is 12.2 Å². The van der Waals surface area contributed by atoms with Gasteiger partial charge in [0.15, 0.2) is 0 Å². The molecule has 3 heterocycles. The summed E-state index contributed by atoms with van der Waals surface area (Å²) < 4.78 is 41.6. The maximum absolute atomic E-state index is 12.1. The minimum absolute atomic E-state index is 0.0779. The van der Waals surface area contributed by atoms with E-state index in [0.717, 1.165) is 23.6 Å². The third-order valence-corrected chi connectivity index (χ3v) is 3.09. The van der Waals surface area contributed by atoms with Gasteiger partial charge in [0.2, 0.25) is 11.8 Å². The molecule has 9 heteroatoms. The van der Waals surface area contributed by atoms with Crippen molar-refractivity contribution in [1.82, 2.24) is 14.4 Å². The molecular formula is C15H11F3N4O2. The number of fused-ring (bicyclic) bond motifs is 1. The summed E-state index contributed by atoms with van der Waals surface area (Å²) in [6.45, 7) is 0. The van der Waals surface area contributed by atoms with Gasteiger partial charge in [0.25, 0.3) is 0 Å². The molecule has 0 aliphatic rings. The molecule has 0 aliphatic heterocycles. The van der Waals surface area contributed by atoms with Crippen LogP contribution in [0.2, 0.25) is 0 Å². The quantitative estimate of drug-likeness (QED) is 0.795. The topological polar surface area (TPSA) is 68.5 Å². The zero-order valence-electron chi connectivity index (χ0n) is 12.1. The number of nitrogens with zero attached hydrogens (tertiary/aromatic N) is 3. The maximum atomic E-state index is 12.1. The van der Waals surface area contributed by atoms with E-state index in [1.807, 2.05) is 6.07 Å². The van der Waals surface area contributed by atoms with Crippen molar-refractivity contribution in [3.05, 3.63) is 54.6 Å². The summed E-state index contributed by atoms with van der Waals surface area (Å²) >= 11 is 0. The molecule has 0 saturated carbocycles. The first kappa shape index (κ1) is 15.8. The number of carbonyl (C=O) groups excluding carboxylic acids is 1. The summed E-state index contributed by atoms with van der Waals surface area (Å²) in [5, 5.41) is 2.57.